The molecule has 0 saturated heterocycles. The fourth-order valence-electron chi connectivity index (χ4n) is 2.49. The van der Waals surface area contributed by atoms with E-state index in [0.29, 0.717) is 34.4 Å². The van der Waals surface area contributed by atoms with Gasteiger partial charge in [-0.05, 0) is 19.1 Å². The van der Waals surface area contributed by atoms with Gasteiger partial charge in [-0.15, -0.1) is 15.3 Å². The SMILES string of the molecule is COc1cc2nnc(-c3cc(C)on3)n2nc1OCc1ccc(OC(F)F)cn1. The van der Waals surface area contributed by atoms with Crippen molar-refractivity contribution in [3.63, 3.8) is 0 Å². The fourth-order valence-corrected chi connectivity index (χ4v) is 2.49. The van der Waals surface area contributed by atoms with Gasteiger partial charge in [0.15, 0.2) is 17.1 Å². The van der Waals surface area contributed by atoms with Gasteiger partial charge in [0, 0.05) is 12.1 Å². The number of alkyl halides is 2. The first kappa shape index (κ1) is 18.5. The van der Waals surface area contributed by atoms with Crippen molar-refractivity contribution in [2.75, 3.05) is 7.11 Å². The Kier molecular flexibility index (Phi) is 4.89. The number of methoxy groups -OCH3 is 1. The zero-order valence-corrected chi connectivity index (χ0v) is 15.2. The maximum Gasteiger partial charge on any atom is 0.387 e. The zero-order chi connectivity index (χ0) is 20.4. The third-order valence-electron chi connectivity index (χ3n) is 3.78. The molecule has 0 amide bonds. The fraction of sp³-hybridized carbons (Fsp3) is 0.235. The minimum absolute atomic E-state index is 0.0182. The van der Waals surface area contributed by atoms with Crippen molar-refractivity contribution in [1.82, 2.24) is 30.0 Å². The van der Waals surface area contributed by atoms with Crippen molar-refractivity contribution in [2.45, 2.75) is 20.1 Å². The molecule has 0 fully saturated rings. The number of hydrogen-bond acceptors (Lipinski definition) is 9. The van der Waals surface area contributed by atoms with Gasteiger partial charge in [-0.1, -0.05) is 5.16 Å². The third-order valence-corrected chi connectivity index (χ3v) is 3.78. The van der Waals surface area contributed by atoms with E-state index in [1.165, 1.54) is 30.0 Å². The number of rotatable bonds is 7. The third kappa shape index (κ3) is 3.90. The Morgan fingerprint density at radius 1 is 1.21 bits per heavy atom. The molecule has 4 aromatic rings. The van der Waals surface area contributed by atoms with Crippen LogP contribution in [0.5, 0.6) is 17.4 Å². The lowest BCUT2D eigenvalue weighted by Gasteiger charge is -2.10. The molecule has 0 aliphatic carbocycles. The van der Waals surface area contributed by atoms with E-state index < -0.39 is 6.61 Å². The highest BCUT2D eigenvalue weighted by Gasteiger charge is 2.18. The minimum Gasteiger partial charge on any atom is -0.491 e. The molecule has 0 atom stereocenters. The molecule has 10 nitrogen and oxygen atoms in total. The lowest BCUT2D eigenvalue weighted by Crippen LogP contribution is -2.06. The standard InChI is InChI=1S/C17H14F2N6O4/c1-9-5-12(24-29-9)15-22-21-14-6-13(26-2)16(23-25(14)15)27-8-10-3-4-11(7-20-10)28-17(18)19/h3-7,17H,8H2,1-2H3. The first-order chi connectivity index (χ1) is 14.0. The van der Waals surface area contributed by atoms with Gasteiger partial charge in [0.2, 0.25) is 5.82 Å². The summed E-state index contributed by atoms with van der Waals surface area (Å²) in [6.45, 7) is -1.13. The molecule has 0 bridgehead atoms. The Bertz CT molecular complexity index is 1130. The first-order valence-electron chi connectivity index (χ1n) is 8.30. The molecule has 150 valence electrons. The monoisotopic (exact) mass is 404 g/mol. The van der Waals surface area contributed by atoms with E-state index in [1.54, 1.807) is 19.1 Å². The summed E-state index contributed by atoms with van der Waals surface area (Å²) in [6.07, 6.45) is 1.18. The number of pyridine rings is 1. The molecule has 4 rings (SSSR count). The maximum atomic E-state index is 12.2. The van der Waals surface area contributed by atoms with E-state index in [2.05, 4.69) is 30.2 Å². The lowest BCUT2D eigenvalue weighted by molar-refractivity contribution is -0.0501. The van der Waals surface area contributed by atoms with Gasteiger partial charge in [0.25, 0.3) is 5.88 Å². The number of ether oxygens (including phenoxy) is 3. The largest absolute Gasteiger partial charge is 0.491 e. The van der Waals surface area contributed by atoms with Crippen molar-refractivity contribution in [3.05, 3.63) is 41.9 Å². The van der Waals surface area contributed by atoms with Gasteiger partial charge in [-0.2, -0.15) is 13.3 Å². The summed E-state index contributed by atoms with van der Waals surface area (Å²) in [4.78, 5) is 4.02. The maximum absolute atomic E-state index is 12.2. The van der Waals surface area contributed by atoms with Crippen LogP contribution in [0, 0.1) is 6.92 Å². The van der Waals surface area contributed by atoms with Crippen LogP contribution in [0.2, 0.25) is 0 Å². The molecule has 0 radical (unpaired) electrons. The van der Waals surface area contributed by atoms with Crippen molar-refractivity contribution in [2.24, 2.45) is 0 Å². The van der Waals surface area contributed by atoms with Crippen LogP contribution in [-0.4, -0.2) is 43.7 Å². The smallest absolute Gasteiger partial charge is 0.387 e. The van der Waals surface area contributed by atoms with Crippen LogP contribution in [0.3, 0.4) is 0 Å². The second kappa shape index (κ2) is 7.66. The molecule has 0 aliphatic heterocycles. The van der Waals surface area contributed by atoms with E-state index in [-0.39, 0.29) is 18.2 Å². The van der Waals surface area contributed by atoms with Crippen LogP contribution in [0.25, 0.3) is 17.2 Å². The summed E-state index contributed by atoms with van der Waals surface area (Å²) in [5.41, 5.74) is 1.37. The molecule has 0 unspecified atom stereocenters. The van der Waals surface area contributed by atoms with Gasteiger partial charge in [0.1, 0.15) is 18.1 Å². The van der Waals surface area contributed by atoms with E-state index in [0.717, 1.165) is 0 Å². The Morgan fingerprint density at radius 2 is 2.07 bits per heavy atom. The Balaban J connectivity index is 1.59. The average molecular weight is 404 g/mol. The summed E-state index contributed by atoms with van der Waals surface area (Å²) in [5, 5.41) is 16.4. The van der Waals surface area contributed by atoms with Gasteiger partial charge >= 0.3 is 6.61 Å². The number of aryl methyl sites for hydroxylation is 1. The Labute approximate surface area is 162 Å². The molecular weight excluding hydrogens is 390 g/mol. The predicted molar refractivity (Wildman–Crippen MR) is 92.8 cm³/mol. The van der Waals surface area contributed by atoms with Crippen molar-refractivity contribution in [1.29, 1.82) is 0 Å². The normalized spacial score (nSPS) is 11.2. The van der Waals surface area contributed by atoms with Crippen LogP contribution >= 0.6 is 0 Å². The lowest BCUT2D eigenvalue weighted by atomic mass is 10.3. The van der Waals surface area contributed by atoms with Crippen LogP contribution < -0.4 is 14.2 Å². The molecule has 29 heavy (non-hydrogen) atoms. The van der Waals surface area contributed by atoms with Gasteiger partial charge in [-0.3, -0.25) is 4.98 Å². The van der Waals surface area contributed by atoms with Gasteiger partial charge in [-0.25, -0.2) is 0 Å². The van der Waals surface area contributed by atoms with Crippen LogP contribution in [0.1, 0.15) is 11.5 Å². The highest BCUT2D eigenvalue weighted by molar-refractivity contribution is 5.56. The Morgan fingerprint density at radius 3 is 2.72 bits per heavy atom. The molecule has 4 aromatic heterocycles. The van der Waals surface area contributed by atoms with Crippen molar-refractivity contribution in [3.8, 4) is 28.9 Å². The number of halogens is 2. The molecule has 0 saturated carbocycles. The molecule has 0 spiro atoms. The van der Waals surface area contributed by atoms with Crippen molar-refractivity contribution >= 4 is 5.65 Å². The Hall–Kier alpha value is -3.83. The van der Waals surface area contributed by atoms with Gasteiger partial charge < -0.3 is 18.7 Å². The van der Waals surface area contributed by atoms with Gasteiger partial charge in [0.05, 0.1) is 19.0 Å². The van der Waals surface area contributed by atoms with Crippen molar-refractivity contribution < 1.29 is 27.5 Å². The highest BCUT2D eigenvalue weighted by Crippen LogP contribution is 2.28. The highest BCUT2D eigenvalue weighted by atomic mass is 19.3. The molecule has 0 aliphatic rings. The quantitative estimate of drug-likeness (QED) is 0.459. The van der Waals surface area contributed by atoms with Crippen LogP contribution in [0.4, 0.5) is 8.78 Å². The summed E-state index contributed by atoms with van der Waals surface area (Å²) >= 11 is 0. The summed E-state index contributed by atoms with van der Waals surface area (Å²) in [7, 11) is 1.47. The van der Waals surface area contributed by atoms with E-state index >= 15 is 0 Å². The number of nitrogens with zero attached hydrogens (tertiary/aromatic N) is 6. The summed E-state index contributed by atoms with van der Waals surface area (Å²) in [5.74, 6) is 1.45. The molecule has 0 N–H and O–H groups in total. The summed E-state index contributed by atoms with van der Waals surface area (Å²) in [6, 6.07) is 6.19. The number of hydrogen-bond donors (Lipinski definition) is 0. The predicted octanol–water partition coefficient (Wildman–Crippen LogP) is 2.67. The minimum atomic E-state index is -2.91. The molecule has 4 heterocycles. The molecule has 0 aromatic carbocycles. The summed E-state index contributed by atoms with van der Waals surface area (Å²) < 4.78 is 46.2. The molecular formula is C17H14F2N6O4. The average Bonchev–Trinajstić information content (AvgIpc) is 3.31. The second-order valence-electron chi connectivity index (χ2n) is 5.79. The van der Waals surface area contributed by atoms with Crippen LogP contribution in [0.15, 0.2) is 35.0 Å². The second-order valence-corrected chi connectivity index (χ2v) is 5.79. The van der Waals surface area contributed by atoms with E-state index in [9.17, 15) is 8.78 Å². The topological polar surface area (TPSA) is 110 Å². The molecule has 12 heteroatoms. The number of aromatic nitrogens is 6. The van der Waals surface area contributed by atoms with E-state index in [1.807, 2.05) is 0 Å². The van der Waals surface area contributed by atoms with Crippen LogP contribution in [-0.2, 0) is 6.61 Å². The zero-order valence-electron chi connectivity index (χ0n) is 15.2. The number of fused-ring (bicyclic) bond motifs is 1. The first-order valence-corrected chi connectivity index (χ1v) is 8.30. The van der Waals surface area contributed by atoms with E-state index in [4.69, 9.17) is 14.0 Å².